The van der Waals surface area contributed by atoms with Crippen molar-refractivity contribution in [3.63, 3.8) is 0 Å². The van der Waals surface area contributed by atoms with Crippen LogP contribution in [0, 0.1) is 12.7 Å². The number of benzene rings is 1. The van der Waals surface area contributed by atoms with Crippen LogP contribution in [0.25, 0.3) is 11.0 Å². The highest BCUT2D eigenvalue weighted by atomic mass is 19.1. The molecule has 0 aliphatic heterocycles. The molecule has 0 spiro atoms. The minimum atomic E-state index is -0.835. The van der Waals surface area contributed by atoms with Gasteiger partial charge in [-0.1, -0.05) is 0 Å². The minimum Gasteiger partial charge on any atom is -0.450 e. The molecule has 0 saturated heterocycles. The first kappa shape index (κ1) is 17.5. The van der Waals surface area contributed by atoms with E-state index in [0.717, 1.165) is 0 Å². The van der Waals surface area contributed by atoms with Gasteiger partial charge in [0.1, 0.15) is 11.4 Å². The number of hydrogen-bond acceptors (Lipinski definition) is 5. The van der Waals surface area contributed by atoms with Crippen molar-refractivity contribution in [2.75, 3.05) is 27.2 Å². The lowest BCUT2D eigenvalue weighted by atomic mass is 10.1. The molecule has 0 aliphatic carbocycles. The zero-order valence-corrected chi connectivity index (χ0v) is 13.5. The van der Waals surface area contributed by atoms with Gasteiger partial charge < -0.3 is 19.4 Å². The van der Waals surface area contributed by atoms with Crippen LogP contribution in [-0.2, 0) is 14.3 Å². The van der Waals surface area contributed by atoms with Crippen LogP contribution in [-0.4, -0.2) is 49.9 Å². The maximum Gasteiger partial charge on any atom is 0.375 e. The fraction of sp³-hybridized carbons (Fsp3) is 0.312. The third-order valence-electron chi connectivity index (χ3n) is 3.35. The summed E-state index contributed by atoms with van der Waals surface area (Å²) in [7, 11) is 3.11. The van der Waals surface area contributed by atoms with Gasteiger partial charge in [-0.2, -0.15) is 0 Å². The van der Waals surface area contributed by atoms with Crippen molar-refractivity contribution in [3.05, 3.63) is 35.3 Å². The van der Waals surface area contributed by atoms with Gasteiger partial charge in [-0.25, -0.2) is 9.18 Å². The zero-order chi connectivity index (χ0) is 17.9. The summed E-state index contributed by atoms with van der Waals surface area (Å²) in [4.78, 5) is 36.2. The molecule has 2 amide bonds. The van der Waals surface area contributed by atoms with Crippen molar-refractivity contribution in [1.29, 1.82) is 0 Å². The molecule has 7 nitrogen and oxygen atoms in total. The Morgan fingerprint density at radius 2 is 2.00 bits per heavy atom. The van der Waals surface area contributed by atoms with E-state index >= 15 is 0 Å². The molecule has 0 saturated carbocycles. The van der Waals surface area contributed by atoms with Crippen molar-refractivity contribution in [1.82, 2.24) is 10.2 Å². The van der Waals surface area contributed by atoms with Gasteiger partial charge in [0.05, 0.1) is 6.54 Å². The highest BCUT2D eigenvalue weighted by Gasteiger charge is 2.20. The monoisotopic (exact) mass is 336 g/mol. The second-order valence-electron chi connectivity index (χ2n) is 5.34. The van der Waals surface area contributed by atoms with E-state index in [-0.39, 0.29) is 18.2 Å². The van der Waals surface area contributed by atoms with Gasteiger partial charge >= 0.3 is 5.97 Å². The lowest BCUT2D eigenvalue weighted by Crippen LogP contribution is -2.38. The number of nitrogens with one attached hydrogen (secondary N) is 1. The number of rotatable bonds is 5. The van der Waals surface area contributed by atoms with Crippen LogP contribution in [0.3, 0.4) is 0 Å². The number of ether oxygens (including phenoxy) is 1. The second kappa shape index (κ2) is 7.12. The average molecular weight is 336 g/mol. The van der Waals surface area contributed by atoms with Crippen LogP contribution >= 0.6 is 0 Å². The minimum absolute atomic E-state index is 0.0900. The topological polar surface area (TPSA) is 88.8 Å². The molecule has 128 valence electrons. The normalized spacial score (nSPS) is 10.5. The van der Waals surface area contributed by atoms with Crippen molar-refractivity contribution in [2.45, 2.75) is 6.92 Å². The molecule has 1 N–H and O–H groups in total. The molecular formula is C16H17FN2O5. The Kier molecular flexibility index (Phi) is 5.18. The zero-order valence-electron chi connectivity index (χ0n) is 13.5. The molecule has 0 unspecified atom stereocenters. The number of hydrogen-bond donors (Lipinski definition) is 1. The first-order valence-electron chi connectivity index (χ1n) is 7.12. The van der Waals surface area contributed by atoms with E-state index in [0.29, 0.717) is 16.5 Å². The van der Waals surface area contributed by atoms with Gasteiger partial charge in [0.2, 0.25) is 11.7 Å². The fourth-order valence-electron chi connectivity index (χ4n) is 1.97. The van der Waals surface area contributed by atoms with Gasteiger partial charge in [-0.15, -0.1) is 0 Å². The Morgan fingerprint density at radius 1 is 1.29 bits per heavy atom. The van der Waals surface area contributed by atoms with Crippen LogP contribution in [0.2, 0.25) is 0 Å². The van der Waals surface area contributed by atoms with Crippen molar-refractivity contribution < 1.29 is 27.9 Å². The smallest absolute Gasteiger partial charge is 0.375 e. The predicted octanol–water partition coefficient (Wildman–Crippen LogP) is 1.24. The molecule has 1 aromatic carbocycles. The molecule has 8 heteroatoms. The molecule has 2 aromatic rings. The highest BCUT2D eigenvalue weighted by Crippen LogP contribution is 2.26. The van der Waals surface area contributed by atoms with Gasteiger partial charge in [0, 0.05) is 25.0 Å². The number of carbonyl (C=O) groups excluding carboxylic acids is 3. The number of furan rings is 1. The summed E-state index contributed by atoms with van der Waals surface area (Å²) in [6, 6.07) is 3.88. The van der Waals surface area contributed by atoms with Crippen LogP contribution < -0.4 is 5.32 Å². The van der Waals surface area contributed by atoms with Crippen LogP contribution in [0.4, 0.5) is 4.39 Å². The first-order valence-corrected chi connectivity index (χ1v) is 7.12. The van der Waals surface area contributed by atoms with E-state index in [1.807, 2.05) is 0 Å². The third kappa shape index (κ3) is 3.89. The standard InChI is InChI=1S/C16H17FN2O5/c1-9-11-6-10(17)4-5-12(11)24-15(9)16(22)23-8-13(20)18-7-14(21)19(2)3/h4-6H,7-8H2,1-3H3,(H,18,20). The Hall–Kier alpha value is -2.90. The van der Waals surface area contributed by atoms with Gasteiger partial charge in [0.15, 0.2) is 6.61 Å². The summed E-state index contributed by atoms with van der Waals surface area (Å²) in [5, 5.41) is 2.79. The number of aryl methyl sites for hydroxylation is 1. The lowest BCUT2D eigenvalue weighted by molar-refractivity contribution is -0.131. The van der Waals surface area contributed by atoms with Gasteiger partial charge in [-0.05, 0) is 25.1 Å². The number of nitrogens with zero attached hydrogens (tertiary/aromatic N) is 1. The molecule has 0 aliphatic rings. The van der Waals surface area contributed by atoms with E-state index in [1.54, 1.807) is 21.0 Å². The van der Waals surface area contributed by atoms with Crippen LogP contribution in [0.15, 0.2) is 22.6 Å². The average Bonchev–Trinajstić information content (AvgIpc) is 2.86. The summed E-state index contributed by atoms with van der Waals surface area (Å²) in [5.74, 6) is -2.27. The Balaban J connectivity index is 1.97. The van der Waals surface area contributed by atoms with Gasteiger partial charge in [0.25, 0.3) is 5.91 Å². The number of likely N-dealkylation sites (N-methyl/N-ethyl adjacent to an activating group) is 1. The Bertz CT molecular complexity index is 797. The summed E-state index contributed by atoms with van der Waals surface area (Å²) in [5.41, 5.74) is 0.777. The summed E-state index contributed by atoms with van der Waals surface area (Å²) in [6.07, 6.45) is 0. The van der Waals surface area contributed by atoms with E-state index in [2.05, 4.69) is 5.32 Å². The molecule has 1 aromatic heterocycles. The number of amides is 2. The summed E-state index contributed by atoms with van der Waals surface area (Å²) in [6.45, 7) is 0.856. The van der Waals surface area contributed by atoms with Crippen molar-refractivity contribution in [2.24, 2.45) is 0 Å². The molecule has 0 bridgehead atoms. The number of fused-ring (bicyclic) bond motifs is 1. The van der Waals surface area contributed by atoms with Crippen molar-refractivity contribution in [3.8, 4) is 0 Å². The summed E-state index contributed by atoms with van der Waals surface area (Å²) < 4.78 is 23.4. The maximum atomic E-state index is 13.2. The largest absolute Gasteiger partial charge is 0.450 e. The molecule has 0 radical (unpaired) electrons. The Labute approximate surface area is 137 Å². The quantitative estimate of drug-likeness (QED) is 0.830. The molecule has 1 heterocycles. The van der Waals surface area contributed by atoms with Crippen molar-refractivity contribution >= 4 is 28.8 Å². The van der Waals surface area contributed by atoms with Crippen LogP contribution in [0.1, 0.15) is 16.1 Å². The predicted molar refractivity (Wildman–Crippen MR) is 82.9 cm³/mol. The number of carbonyl (C=O) groups is 3. The fourth-order valence-corrected chi connectivity index (χ4v) is 1.97. The molecule has 2 rings (SSSR count). The van der Waals surface area contributed by atoms with E-state index < -0.39 is 24.3 Å². The summed E-state index contributed by atoms with van der Waals surface area (Å²) >= 11 is 0. The number of esters is 1. The molecular weight excluding hydrogens is 319 g/mol. The second-order valence-corrected chi connectivity index (χ2v) is 5.34. The van der Waals surface area contributed by atoms with E-state index in [1.165, 1.54) is 23.1 Å². The first-order chi connectivity index (χ1) is 11.3. The molecule has 0 fully saturated rings. The number of halogens is 1. The van der Waals surface area contributed by atoms with Gasteiger partial charge in [-0.3, -0.25) is 9.59 Å². The highest BCUT2D eigenvalue weighted by molar-refractivity contribution is 5.96. The lowest BCUT2D eigenvalue weighted by Gasteiger charge is -2.10. The molecule has 0 atom stereocenters. The van der Waals surface area contributed by atoms with E-state index in [4.69, 9.17) is 9.15 Å². The van der Waals surface area contributed by atoms with E-state index in [9.17, 15) is 18.8 Å². The van der Waals surface area contributed by atoms with Crippen LogP contribution in [0.5, 0.6) is 0 Å². The molecule has 24 heavy (non-hydrogen) atoms. The Morgan fingerprint density at radius 3 is 2.67 bits per heavy atom. The third-order valence-corrected chi connectivity index (χ3v) is 3.35. The maximum absolute atomic E-state index is 13.2. The SMILES string of the molecule is Cc1c(C(=O)OCC(=O)NCC(=O)N(C)C)oc2ccc(F)cc12.